The molecule has 0 fully saturated rings. The molecule has 3 aromatic rings. The number of aromatic nitrogens is 3. The van der Waals surface area contributed by atoms with Crippen molar-refractivity contribution < 1.29 is 13.2 Å². The van der Waals surface area contributed by atoms with Crippen LogP contribution in [0, 0.1) is 6.92 Å². The number of halogens is 2. The second kappa shape index (κ2) is 10.4. The Balaban J connectivity index is 1.74. The van der Waals surface area contributed by atoms with Crippen LogP contribution in [0.5, 0.6) is 0 Å². The molecule has 0 saturated carbocycles. The Morgan fingerprint density at radius 2 is 1.97 bits per heavy atom. The molecule has 1 aromatic carbocycles. The maximum Gasteiger partial charge on any atom is 0.287 e. The molecule has 0 unspecified atom stereocenters. The van der Waals surface area contributed by atoms with E-state index in [1.54, 1.807) is 31.3 Å². The molecule has 0 aliphatic heterocycles. The first-order valence-electron chi connectivity index (χ1n) is 9.84. The third-order valence-corrected chi connectivity index (χ3v) is 7.14. The fraction of sp³-hybridized carbons (Fsp3) is 0.238. The van der Waals surface area contributed by atoms with E-state index in [0.717, 1.165) is 10.4 Å². The van der Waals surface area contributed by atoms with E-state index in [1.165, 1.54) is 19.2 Å². The van der Waals surface area contributed by atoms with Crippen molar-refractivity contribution in [1.82, 2.24) is 19.5 Å². The number of carbonyl (C=O) groups excluding carboxylic acids is 1. The third kappa shape index (κ3) is 5.97. The highest BCUT2D eigenvalue weighted by atomic mass is 35.5. The van der Waals surface area contributed by atoms with Crippen LogP contribution < -0.4 is 15.6 Å². The number of nitrogens with zero attached hydrogens (tertiary/aromatic N) is 3. The van der Waals surface area contributed by atoms with Crippen molar-refractivity contribution in [2.45, 2.75) is 31.2 Å². The molecule has 2 N–H and O–H groups in total. The smallest absolute Gasteiger partial charge is 0.287 e. The van der Waals surface area contributed by atoms with Crippen LogP contribution >= 0.6 is 23.2 Å². The molecule has 9 nitrogen and oxygen atoms in total. The second-order valence-electron chi connectivity index (χ2n) is 7.17. The fourth-order valence-electron chi connectivity index (χ4n) is 2.96. The van der Waals surface area contributed by atoms with Gasteiger partial charge in [0, 0.05) is 30.5 Å². The molecule has 33 heavy (non-hydrogen) atoms. The Morgan fingerprint density at radius 3 is 2.67 bits per heavy atom. The summed E-state index contributed by atoms with van der Waals surface area (Å²) in [5.74, 6) is -0.585. The summed E-state index contributed by atoms with van der Waals surface area (Å²) in [6.45, 7) is 3.28. The number of amides is 1. The van der Waals surface area contributed by atoms with E-state index in [9.17, 15) is 18.0 Å². The van der Waals surface area contributed by atoms with Gasteiger partial charge in [-0.3, -0.25) is 14.6 Å². The lowest BCUT2D eigenvalue weighted by Crippen LogP contribution is -2.33. The van der Waals surface area contributed by atoms with Gasteiger partial charge in [-0.05, 0) is 43.7 Å². The van der Waals surface area contributed by atoms with Crippen LogP contribution in [-0.4, -0.2) is 35.6 Å². The number of aryl methyl sites for hydroxylation is 1. The Kier molecular flexibility index (Phi) is 7.85. The molecule has 174 valence electrons. The lowest BCUT2D eigenvalue weighted by atomic mass is 10.2. The molecule has 0 aliphatic rings. The number of benzene rings is 1. The average molecular weight is 510 g/mol. The molecule has 2 aromatic heterocycles. The topological polar surface area (TPSA) is 123 Å². The van der Waals surface area contributed by atoms with Crippen LogP contribution in [0.2, 0.25) is 10.0 Å². The normalized spacial score (nSPS) is 12.4. The summed E-state index contributed by atoms with van der Waals surface area (Å²) in [5.41, 5.74) is 0.804. The summed E-state index contributed by atoms with van der Waals surface area (Å²) >= 11 is 11.6. The molecular formula is C21H21Cl2N5O4S. The van der Waals surface area contributed by atoms with Gasteiger partial charge >= 0.3 is 0 Å². The van der Waals surface area contributed by atoms with Gasteiger partial charge in [-0.25, -0.2) is 17.8 Å². The van der Waals surface area contributed by atoms with E-state index >= 15 is 0 Å². The third-order valence-electron chi connectivity index (χ3n) is 4.79. The molecule has 2 heterocycles. The summed E-state index contributed by atoms with van der Waals surface area (Å²) in [6.07, 6.45) is 3.24. The highest BCUT2D eigenvalue weighted by molar-refractivity contribution is 7.89. The minimum absolute atomic E-state index is 0.0190. The van der Waals surface area contributed by atoms with Crippen molar-refractivity contribution in [3.05, 3.63) is 80.4 Å². The second-order valence-corrected chi connectivity index (χ2v) is 9.69. The Bertz CT molecular complexity index is 1330. The van der Waals surface area contributed by atoms with Crippen molar-refractivity contribution in [2.75, 3.05) is 11.9 Å². The monoisotopic (exact) mass is 509 g/mol. The molecule has 1 amide bonds. The highest BCUT2D eigenvalue weighted by Crippen LogP contribution is 2.21. The number of anilines is 1. The first-order chi connectivity index (χ1) is 15.6. The van der Waals surface area contributed by atoms with Crippen molar-refractivity contribution >= 4 is 44.8 Å². The van der Waals surface area contributed by atoms with E-state index in [0.29, 0.717) is 12.0 Å². The summed E-state index contributed by atoms with van der Waals surface area (Å²) in [6, 6.07) is 8.90. The lowest BCUT2D eigenvalue weighted by molar-refractivity contribution is -0.119. The summed E-state index contributed by atoms with van der Waals surface area (Å²) in [7, 11) is -3.84. The van der Waals surface area contributed by atoms with Gasteiger partial charge in [0.25, 0.3) is 5.56 Å². The maximum absolute atomic E-state index is 12.8. The Labute approximate surface area is 200 Å². The van der Waals surface area contributed by atoms with Gasteiger partial charge in [0.05, 0.1) is 16.1 Å². The molecule has 1 atom stereocenters. The SMILES string of the molecule is Cc1ccc(NC(=O)[C@@H](C)n2ncc(Cl)c(Cl)c2=O)cc1S(=O)(=O)NCCc1ccccn1. The number of rotatable bonds is 8. The van der Waals surface area contributed by atoms with E-state index in [2.05, 4.69) is 20.1 Å². The molecule has 0 saturated heterocycles. The average Bonchev–Trinajstić information content (AvgIpc) is 2.79. The van der Waals surface area contributed by atoms with E-state index in [1.807, 2.05) is 12.1 Å². The summed E-state index contributed by atoms with van der Waals surface area (Å²) in [4.78, 5) is 29.1. The summed E-state index contributed by atoms with van der Waals surface area (Å²) in [5, 5.41) is 6.19. The minimum Gasteiger partial charge on any atom is -0.324 e. The number of sulfonamides is 1. The van der Waals surface area contributed by atoms with Gasteiger partial charge in [-0.1, -0.05) is 35.3 Å². The zero-order valence-corrected chi connectivity index (χ0v) is 20.1. The van der Waals surface area contributed by atoms with Crippen LogP contribution in [0.4, 0.5) is 5.69 Å². The molecule has 0 spiro atoms. The predicted octanol–water partition coefficient (Wildman–Crippen LogP) is 2.97. The zero-order valence-electron chi connectivity index (χ0n) is 17.7. The van der Waals surface area contributed by atoms with Crippen LogP contribution in [0.1, 0.15) is 24.2 Å². The zero-order chi connectivity index (χ0) is 24.2. The number of hydrogen-bond acceptors (Lipinski definition) is 6. The first-order valence-corrected chi connectivity index (χ1v) is 12.1. The first kappa shape index (κ1) is 24.8. The van der Waals surface area contributed by atoms with Gasteiger partial charge in [0.15, 0.2) is 0 Å². The van der Waals surface area contributed by atoms with Crippen molar-refractivity contribution in [3.63, 3.8) is 0 Å². The van der Waals surface area contributed by atoms with Gasteiger partial charge in [0.1, 0.15) is 11.1 Å². The van der Waals surface area contributed by atoms with Gasteiger partial charge in [-0.2, -0.15) is 5.10 Å². The lowest BCUT2D eigenvalue weighted by Gasteiger charge is -2.16. The number of carbonyl (C=O) groups is 1. The fourth-order valence-corrected chi connectivity index (χ4v) is 4.52. The quantitative estimate of drug-likeness (QED) is 0.481. The molecular weight excluding hydrogens is 489 g/mol. The number of pyridine rings is 1. The van der Waals surface area contributed by atoms with Crippen LogP contribution in [-0.2, 0) is 21.2 Å². The van der Waals surface area contributed by atoms with Crippen molar-refractivity contribution in [3.8, 4) is 0 Å². The molecule has 12 heteroatoms. The minimum atomic E-state index is -3.84. The highest BCUT2D eigenvalue weighted by Gasteiger charge is 2.22. The van der Waals surface area contributed by atoms with Gasteiger partial charge in [0.2, 0.25) is 15.9 Å². The van der Waals surface area contributed by atoms with Crippen molar-refractivity contribution in [2.24, 2.45) is 0 Å². The number of nitrogens with one attached hydrogen (secondary N) is 2. The van der Waals surface area contributed by atoms with Gasteiger partial charge in [-0.15, -0.1) is 0 Å². The molecule has 0 radical (unpaired) electrons. The summed E-state index contributed by atoms with van der Waals surface area (Å²) < 4.78 is 29.1. The van der Waals surface area contributed by atoms with Gasteiger partial charge < -0.3 is 5.32 Å². The van der Waals surface area contributed by atoms with E-state index in [-0.39, 0.29) is 27.2 Å². The maximum atomic E-state index is 12.8. The predicted molar refractivity (Wildman–Crippen MR) is 126 cm³/mol. The Morgan fingerprint density at radius 1 is 1.21 bits per heavy atom. The standard InChI is InChI=1S/C21H21Cl2N5O4S/c1-13-6-7-16(27-20(29)14(2)28-21(30)19(23)17(22)12-25-28)11-18(13)33(31,32)26-10-8-15-5-3-4-9-24-15/h3-7,9,11-12,14,26H,8,10H2,1-2H3,(H,27,29)/t14-/m1/s1. The molecule has 3 rings (SSSR count). The largest absolute Gasteiger partial charge is 0.324 e. The van der Waals surface area contributed by atoms with E-state index in [4.69, 9.17) is 23.2 Å². The van der Waals surface area contributed by atoms with Crippen LogP contribution in [0.3, 0.4) is 0 Å². The van der Waals surface area contributed by atoms with Crippen LogP contribution in [0.25, 0.3) is 0 Å². The molecule has 0 aliphatic carbocycles. The Hall–Kier alpha value is -2.79. The van der Waals surface area contributed by atoms with E-state index < -0.39 is 27.5 Å². The number of hydrogen-bond donors (Lipinski definition) is 2. The van der Waals surface area contributed by atoms with Crippen molar-refractivity contribution in [1.29, 1.82) is 0 Å². The van der Waals surface area contributed by atoms with Crippen LogP contribution in [0.15, 0.2) is 58.5 Å². The molecule has 0 bridgehead atoms.